The quantitative estimate of drug-likeness (QED) is 0.549. The van der Waals surface area contributed by atoms with Gasteiger partial charge in [-0.3, -0.25) is 10.2 Å². The number of nitrogens with zero attached hydrogens (tertiary/aromatic N) is 2. The van der Waals surface area contributed by atoms with E-state index >= 15 is 0 Å². The minimum absolute atomic E-state index is 0.0786. The highest BCUT2D eigenvalue weighted by Crippen LogP contribution is 2.20. The average Bonchev–Trinajstić information content (AvgIpc) is 2.70. The predicted octanol–water partition coefficient (Wildman–Crippen LogP) is 2.22. The first-order valence-electron chi connectivity index (χ1n) is 9.43. The minimum Gasteiger partial charge on any atom is -0.395 e. The predicted molar refractivity (Wildman–Crippen MR) is 117 cm³/mol. The van der Waals surface area contributed by atoms with Crippen molar-refractivity contribution < 1.29 is 23.1 Å². The molecule has 2 aromatic rings. The highest BCUT2D eigenvalue weighted by Gasteiger charge is 2.38. The van der Waals surface area contributed by atoms with E-state index in [0.29, 0.717) is 16.3 Å². The molecule has 1 aliphatic heterocycles. The molecule has 4 amide bonds. The highest BCUT2D eigenvalue weighted by atomic mass is 35.5. The molecule has 2 aromatic carbocycles. The molecule has 1 heterocycles. The summed E-state index contributed by atoms with van der Waals surface area (Å²) in [6.45, 7) is -0.301. The first kappa shape index (κ1) is 22.9. The van der Waals surface area contributed by atoms with Gasteiger partial charge in [-0.1, -0.05) is 35.9 Å². The van der Waals surface area contributed by atoms with Crippen LogP contribution in [-0.2, 0) is 22.1 Å². The first-order valence-corrected chi connectivity index (χ1v) is 11.9. The number of amides is 4. The van der Waals surface area contributed by atoms with Crippen molar-refractivity contribution in [1.29, 1.82) is 0 Å². The Morgan fingerprint density at radius 2 is 1.68 bits per heavy atom. The van der Waals surface area contributed by atoms with Crippen LogP contribution in [0.15, 0.2) is 48.5 Å². The fourth-order valence-corrected chi connectivity index (χ4v) is 4.06. The lowest BCUT2D eigenvalue weighted by molar-refractivity contribution is 0.0992. The fourth-order valence-electron chi connectivity index (χ4n) is 3.14. The Hall–Kier alpha value is -2.82. The lowest BCUT2D eigenvalue weighted by Crippen LogP contribution is -2.67. The Labute approximate surface area is 185 Å². The number of imide groups is 1. The van der Waals surface area contributed by atoms with Crippen molar-refractivity contribution in [3.63, 3.8) is 0 Å². The SMILES string of the molecule is CS(=O)(=O)Cc1ccc(NC2NC(=O)N(CCO)C(=O)N2Cc2ccc(Cl)cc2)cc1. The fraction of sp³-hybridized carbons (Fsp3) is 0.300. The number of hydrogen-bond donors (Lipinski definition) is 3. The summed E-state index contributed by atoms with van der Waals surface area (Å²) in [5.74, 6) is -0.0786. The molecule has 1 atom stereocenters. The van der Waals surface area contributed by atoms with Crippen molar-refractivity contribution in [2.75, 3.05) is 24.7 Å². The Morgan fingerprint density at radius 1 is 1.06 bits per heavy atom. The number of hydrogen-bond acceptors (Lipinski definition) is 6. The third-order valence-electron chi connectivity index (χ3n) is 4.57. The lowest BCUT2D eigenvalue weighted by atomic mass is 10.2. The highest BCUT2D eigenvalue weighted by molar-refractivity contribution is 7.89. The van der Waals surface area contributed by atoms with Crippen LogP contribution in [0, 0.1) is 0 Å². The van der Waals surface area contributed by atoms with Crippen LogP contribution in [0.5, 0.6) is 0 Å². The van der Waals surface area contributed by atoms with Crippen molar-refractivity contribution in [2.24, 2.45) is 0 Å². The molecule has 1 unspecified atom stereocenters. The number of aliphatic hydroxyl groups is 1. The maximum Gasteiger partial charge on any atom is 0.331 e. The Morgan fingerprint density at radius 3 is 2.26 bits per heavy atom. The minimum atomic E-state index is -3.16. The Bertz CT molecular complexity index is 1040. The molecule has 3 N–H and O–H groups in total. The number of nitrogens with one attached hydrogen (secondary N) is 2. The second-order valence-electron chi connectivity index (χ2n) is 7.18. The molecule has 0 aromatic heterocycles. The number of halogens is 1. The van der Waals surface area contributed by atoms with E-state index in [1.807, 2.05) is 0 Å². The van der Waals surface area contributed by atoms with Gasteiger partial charge in [0.1, 0.15) is 0 Å². The monoisotopic (exact) mass is 466 g/mol. The Balaban J connectivity index is 1.81. The van der Waals surface area contributed by atoms with E-state index in [1.54, 1.807) is 48.5 Å². The van der Waals surface area contributed by atoms with Crippen LogP contribution in [0.3, 0.4) is 0 Å². The van der Waals surface area contributed by atoms with Gasteiger partial charge in [-0.05, 0) is 35.4 Å². The van der Waals surface area contributed by atoms with E-state index in [-0.39, 0.29) is 25.4 Å². The lowest BCUT2D eigenvalue weighted by Gasteiger charge is -2.41. The average molecular weight is 467 g/mol. The van der Waals surface area contributed by atoms with Gasteiger partial charge in [0.2, 0.25) is 0 Å². The molecule has 3 rings (SSSR count). The molecule has 0 spiro atoms. The number of anilines is 1. The van der Waals surface area contributed by atoms with Crippen LogP contribution in [0.25, 0.3) is 0 Å². The molecule has 1 fully saturated rings. The van der Waals surface area contributed by atoms with Gasteiger partial charge >= 0.3 is 12.1 Å². The summed E-state index contributed by atoms with van der Waals surface area (Å²) >= 11 is 5.93. The van der Waals surface area contributed by atoms with Crippen molar-refractivity contribution in [2.45, 2.75) is 18.6 Å². The van der Waals surface area contributed by atoms with Gasteiger partial charge in [0, 0.05) is 17.0 Å². The normalized spacial score (nSPS) is 16.9. The van der Waals surface area contributed by atoms with Crippen molar-refractivity contribution >= 4 is 39.2 Å². The molecule has 9 nitrogen and oxygen atoms in total. The molecule has 1 saturated heterocycles. The Kier molecular flexibility index (Phi) is 7.04. The van der Waals surface area contributed by atoms with E-state index in [1.165, 1.54) is 4.90 Å². The van der Waals surface area contributed by atoms with Crippen LogP contribution in [0.4, 0.5) is 15.3 Å². The number of β-amino-alcohol motifs (C(OH)–C–C–N with tert-alkyl or cyclic N) is 1. The molecular formula is C20H23ClN4O5S. The van der Waals surface area contributed by atoms with Crippen molar-refractivity contribution in [1.82, 2.24) is 15.1 Å². The molecule has 166 valence electrons. The summed E-state index contributed by atoms with van der Waals surface area (Å²) in [6, 6.07) is 12.5. The summed E-state index contributed by atoms with van der Waals surface area (Å²) in [5.41, 5.74) is 2.02. The smallest absolute Gasteiger partial charge is 0.331 e. The molecule has 0 saturated carbocycles. The van der Waals surface area contributed by atoms with Gasteiger partial charge in [-0.25, -0.2) is 22.9 Å². The maximum atomic E-state index is 13.0. The van der Waals surface area contributed by atoms with Crippen LogP contribution in [0.1, 0.15) is 11.1 Å². The van der Waals surface area contributed by atoms with Crippen molar-refractivity contribution in [3.05, 3.63) is 64.7 Å². The van der Waals surface area contributed by atoms with E-state index in [2.05, 4.69) is 10.6 Å². The van der Waals surface area contributed by atoms with Crippen molar-refractivity contribution in [3.8, 4) is 0 Å². The topological polar surface area (TPSA) is 119 Å². The third kappa shape index (κ3) is 6.09. The number of aliphatic hydroxyl groups excluding tert-OH is 1. The van der Waals surface area contributed by atoms with Crippen LogP contribution >= 0.6 is 11.6 Å². The summed E-state index contributed by atoms with van der Waals surface area (Å²) in [6.07, 6.45) is 0.307. The number of carbonyl (C=O) groups is 2. The second kappa shape index (κ2) is 9.54. The zero-order chi connectivity index (χ0) is 22.6. The van der Waals surface area contributed by atoms with E-state index in [0.717, 1.165) is 16.7 Å². The summed E-state index contributed by atoms with van der Waals surface area (Å²) < 4.78 is 22.9. The molecule has 0 radical (unpaired) electrons. The van der Waals surface area contributed by atoms with Gasteiger partial charge in [0.25, 0.3) is 0 Å². The van der Waals surface area contributed by atoms with E-state index in [4.69, 9.17) is 11.6 Å². The summed E-state index contributed by atoms with van der Waals surface area (Å²) in [4.78, 5) is 27.7. The van der Waals surface area contributed by atoms with Gasteiger partial charge in [-0.2, -0.15) is 0 Å². The zero-order valence-corrected chi connectivity index (χ0v) is 18.4. The molecule has 31 heavy (non-hydrogen) atoms. The number of sulfone groups is 1. The van der Waals surface area contributed by atoms with E-state index in [9.17, 15) is 23.1 Å². The first-order chi connectivity index (χ1) is 14.7. The molecule has 11 heteroatoms. The number of urea groups is 2. The molecular weight excluding hydrogens is 444 g/mol. The van der Waals surface area contributed by atoms with Gasteiger partial charge < -0.3 is 10.4 Å². The van der Waals surface area contributed by atoms with Crippen LogP contribution < -0.4 is 10.6 Å². The maximum absolute atomic E-state index is 13.0. The standard InChI is InChI=1S/C20H23ClN4O5S/c1-31(29,30)13-15-4-8-17(9-5-15)22-18-23-19(27)24(10-11-26)20(28)25(18)12-14-2-6-16(21)7-3-14/h2-9,18,22,26H,10-13H2,1H3,(H,23,27). The number of benzene rings is 2. The summed E-state index contributed by atoms with van der Waals surface area (Å²) in [7, 11) is -3.16. The zero-order valence-electron chi connectivity index (χ0n) is 16.8. The molecule has 0 bridgehead atoms. The van der Waals surface area contributed by atoms with Crippen LogP contribution in [0.2, 0.25) is 5.02 Å². The van der Waals surface area contributed by atoms with E-state index < -0.39 is 28.2 Å². The molecule has 0 aliphatic carbocycles. The van der Waals surface area contributed by atoms with Gasteiger partial charge in [0.05, 0.1) is 25.4 Å². The second-order valence-corrected chi connectivity index (χ2v) is 9.75. The molecule has 1 aliphatic rings. The summed E-state index contributed by atoms with van der Waals surface area (Å²) in [5, 5.41) is 15.6. The number of carbonyl (C=O) groups excluding carboxylic acids is 2. The number of rotatable bonds is 8. The largest absolute Gasteiger partial charge is 0.395 e. The van der Waals surface area contributed by atoms with Crippen LogP contribution in [-0.4, -0.2) is 61.1 Å². The third-order valence-corrected chi connectivity index (χ3v) is 5.68. The van der Waals surface area contributed by atoms with Gasteiger partial charge in [-0.15, -0.1) is 0 Å². The van der Waals surface area contributed by atoms with Gasteiger partial charge in [0.15, 0.2) is 16.1 Å².